The van der Waals surface area contributed by atoms with Gasteiger partial charge < -0.3 is 71.4 Å². The smallest absolute Gasteiger partial charge is 0.176 e. The van der Waals surface area contributed by atoms with Gasteiger partial charge in [-0.3, -0.25) is 4.79 Å². The number of methoxy groups -OCH3 is 4. The molecule has 0 aromatic rings. The molecular formula is C49H78O16. The van der Waals surface area contributed by atoms with Crippen LogP contribution in [-0.4, -0.2) is 162 Å². The molecule has 1 N–H and O–H groups in total. The fourth-order valence-corrected chi connectivity index (χ4v) is 13.7. The minimum Gasteiger partial charge on any atom is -0.388 e. The lowest BCUT2D eigenvalue weighted by molar-refractivity contribution is -0.347. The van der Waals surface area contributed by atoms with Gasteiger partial charge in [0.1, 0.15) is 30.2 Å². The van der Waals surface area contributed by atoms with Gasteiger partial charge >= 0.3 is 0 Å². The Morgan fingerprint density at radius 2 is 1.11 bits per heavy atom. The Balaban J connectivity index is 0.770. The van der Waals surface area contributed by atoms with Crippen LogP contribution in [0.25, 0.3) is 0 Å². The highest BCUT2D eigenvalue weighted by atomic mass is 16.8. The van der Waals surface area contributed by atoms with Crippen LogP contribution in [-0.2, 0) is 71.1 Å². The average Bonchev–Trinajstić information content (AvgIpc) is 3.80. The van der Waals surface area contributed by atoms with E-state index in [1.807, 2.05) is 27.7 Å². The molecule has 8 fully saturated rings. The molecule has 24 atom stereocenters. The van der Waals surface area contributed by atoms with E-state index in [9.17, 15) is 9.90 Å². The van der Waals surface area contributed by atoms with Gasteiger partial charge in [-0.25, -0.2) is 0 Å². The van der Waals surface area contributed by atoms with E-state index < -0.39 is 73.0 Å². The third-order valence-electron chi connectivity index (χ3n) is 17.6. The lowest BCUT2D eigenvalue weighted by Gasteiger charge is -2.53. The van der Waals surface area contributed by atoms with E-state index in [1.54, 1.807) is 28.4 Å². The summed E-state index contributed by atoms with van der Waals surface area (Å²) >= 11 is 0. The number of ketones is 1. The molecule has 9 rings (SSSR count). The maximum atomic E-state index is 13.4. The molecule has 3 aliphatic carbocycles. The summed E-state index contributed by atoms with van der Waals surface area (Å²) in [7, 11) is 6.62. The summed E-state index contributed by atoms with van der Waals surface area (Å²) in [6.45, 7) is 14.4. The molecular weight excluding hydrogens is 845 g/mol. The third kappa shape index (κ3) is 8.87. The lowest BCUT2D eigenvalue weighted by Crippen LogP contribution is -2.58. The van der Waals surface area contributed by atoms with Gasteiger partial charge in [0.05, 0.1) is 72.6 Å². The largest absolute Gasteiger partial charge is 0.388 e. The van der Waals surface area contributed by atoms with Crippen molar-refractivity contribution < 1.29 is 76.2 Å². The quantitative estimate of drug-likeness (QED) is 0.243. The molecule has 0 aromatic carbocycles. The van der Waals surface area contributed by atoms with Crippen molar-refractivity contribution >= 4 is 5.78 Å². The maximum Gasteiger partial charge on any atom is 0.176 e. The number of hydrogen-bond acceptors (Lipinski definition) is 16. The van der Waals surface area contributed by atoms with Crippen LogP contribution in [0.2, 0.25) is 0 Å². The van der Waals surface area contributed by atoms with E-state index in [1.165, 1.54) is 5.57 Å². The molecule has 65 heavy (non-hydrogen) atoms. The molecule has 2 bridgehead atoms. The van der Waals surface area contributed by atoms with E-state index >= 15 is 0 Å². The highest BCUT2D eigenvalue weighted by Gasteiger charge is 2.69. The number of ether oxygens (including phenoxy) is 14. The first-order valence-corrected chi connectivity index (χ1v) is 24.6. The van der Waals surface area contributed by atoms with Gasteiger partial charge in [0.2, 0.25) is 0 Å². The van der Waals surface area contributed by atoms with E-state index in [0.717, 1.165) is 32.1 Å². The van der Waals surface area contributed by atoms with Crippen molar-refractivity contribution in [3.8, 4) is 0 Å². The Labute approximate surface area is 385 Å². The minimum atomic E-state index is -0.732. The number of hydrogen-bond donors (Lipinski definition) is 1. The summed E-state index contributed by atoms with van der Waals surface area (Å²) in [5.74, 6) is 0.0605. The standard InChI is InChI=1S/C49H78O16/c1-24-31-12-13-37(50)48(31,7)38-23-36-47(6)16-15-30(18-29(47)14-17-49(36,64-24)65-38)60-39-20-33(53-9)44(26(3)57-39)62-41-22-35(55-11)46(28(5)59-41)63-42-21-34(54-10)45(27(4)58-42)61-40-19-32(52-8)43(51)25(2)56-40/h14,24-28,30-36,38-46,51H,12-13,15-23H2,1-11H3/t24-,25+,26+,27+,28+,30-,31-,32-,33+,34+,35+,36+,38+,39-,40-,41-,42-,43+,44+,45+,46+,47-,48+,49-/m0/s1. The van der Waals surface area contributed by atoms with E-state index in [0.29, 0.717) is 44.3 Å². The zero-order valence-electron chi connectivity index (χ0n) is 40.6. The number of aliphatic hydroxyl groups excluding tert-OH is 1. The first kappa shape index (κ1) is 48.8. The Morgan fingerprint density at radius 3 is 1.63 bits per heavy atom. The predicted octanol–water partition coefficient (Wildman–Crippen LogP) is 5.51. The normalized spacial score (nSPS) is 53.4. The van der Waals surface area contributed by atoms with Crippen molar-refractivity contribution in [3.63, 3.8) is 0 Å². The Bertz CT molecular complexity index is 1700. The Kier molecular flexibility index (Phi) is 14.4. The van der Waals surface area contributed by atoms with Crippen molar-refractivity contribution in [2.24, 2.45) is 22.7 Å². The molecule has 6 aliphatic heterocycles. The van der Waals surface area contributed by atoms with Gasteiger partial charge in [-0.15, -0.1) is 0 Å². The molecule has 0 aromatic heterocycles. The molecule has 370 valence electrons. The van der Waals surface area contributed by atoms with Crippen molar-refractivity contribution in [2.75, 3.05) is 28.4 Å². The van der Waals surface area contributed by atoms with Crippen molar-refractivity contribution in [2.45, 2.75) is 242 Å². The maximum absolute atomic E-state index is 13.4. The summed E-state index contributed by atoms with van der Waals surface area (Å²) in [5.41, 5.74) is 0.832. The number of fused-ring (bicyclic) bond motifs is 5. The summed E-state index contributed by atoms with van der Waals surface area (Å²) in [5, 5.41) is 10.4. The van der Waals surface area contributed by atoms with Crippen LogP contribution in [0.15, 0.2) is 11.6 Å². The van der Waals surface area contributed by atoms with Crippen LogP contribution in [0.3, 0.4) is 0 Å². The fraction of sp³-hybridized carbons (Fsp3) is 0.939. The van der Waals surface area contributed by atoms with E-state index in [-0.39, 0.29) is 72.2 Å². The second kappa shape index (κ2) is 19.2. The summed E-state index contributed by atoms with van der Waals surface area (Å²) in [4.78, 5) is 13.4. The number of aliphatic hydroxyl groups is 1. The second-order valence-corrected chi connectivity index (χ2v) is 21.1. The van der Waals surface area contributed by atoms with Crippen LogP contribution in [0.5, 0.6) is 0 Å². The summed E-state index contributed by atoms with van der Waals surface area (Å²) in [6, 6.07) is 0. The predicted molar refractivity (Wildman–Crippen MR) is 231 cm³/mol. The second-order valence-electron chi connectivity index (χ2n) is 21.1. The van der Waals surface area contributed by atoms with E-state index in [2.05, 4.69) is 26.8 Å². The monoisotopic (exact) mass is 923 g/mol. The fourth-order valence-electron chi connectivity index (χ4n) is 13.7. The molecule has 0 unspecified atom stereocenters. The number of rotatable bonds is 12. The Morgan fingerprint density at radius 1 is 0.615 bits per heavy atom. The van der Waals surface area contributed by atoms with Gasteiger partial charge in [-0.2, -0.15) is 0 Å². The zero-order chi connectivity index (χ0) is 46.2. The van der Waals surface area contributed by atoms with Crippen LogP contribution < -0.4 is 0 Å². The van der Waals surface area contributed by atoms with Crippen molar-refractivity contribution in [3.05, 3.63) is 11.6 Å². The minimum absolute atomic E-state index is 0.00202. The van der Waals surface area contributed by atoms with Crippen molar-refractivity contribution in [1.29, 1.82) is 0 Å². The first-order valence-electron chi connectivity index (χ1n) is 24.6. The van der Waals surface area contributed by atoms with Crippen LogP contribution >= 0.6 is 0 Å². The summed E-state index contributed by atoms with van der Waals surface area (Å²) in [6.07, 6.45) is 2.61. The molecule has 1 spiro atoms. The van der Waals surface area contributed by atoms with Crippen LogP contribution in [0, 0.1) is 22.7 Å². The van der Waals surface area contributed by atoms with E-state index in [4.69, 9.17) is 66.3 Å². The topological polar surface area (TPSA) is 167 Å². The number of Topliss-reactive ketones (excluding diaryl/α,β-unsaturated/α-hetero) is 1. The molecule has 16 heteroatoms. The zero-order valence-corrected chi connectivity index (χ0v) is 40.6. The molecule has 16 nitrogen and oxygen atoms in total. The molecule has 0 amide bonds. The van der Waals surface area contributed by atoms with Gasteiger partial charge in [-0.1, -0.05) is 18.6 Å². The van der Waals surface area contributed by atoms with Gasteiger partial charge in [0.15, 0.2) is 30.9 Å². The first-order chi connectivity index (χ1) is 31.0. The Hall–Kier alpha value is -1.19. The summed E-state index contributed by atoms with van der Waals surface area (Å²) < 4.78 is 89.3. The molecule has 0 radical (unpaired) electrons. The molecule has 6 heterocycles. The van der Waals surface area contributed by atoms with Crippen LogP contribution in [0.1, 0.15) is 119 Å². The van der Waals surface area contributed by atoms with Gasteiger partial charge in [-0.05, 0) is 79.1 Å². The third-order valence-corrected chi connectivity index (χ3v) is 17.6. The highest BCUT2D eigenvalue weighted by Crippen LogP contribution is 2.66. The van der Waals surface area contributed by atoms with Gasteiger partial charge in [0.25, 0.3) is 0 Å². The van der Waals surface area contributed by atoms with Crippen molar-refractivity contribution in [1.82, 2.24) is 0 Å². The molecule has 9 aliphatic rings. The number of carbonyl (C=O) groups excluding carboxylic acids is 1. The average molecular weight is 923 g/mol. The number of carbonyl (C=O) groups is 1. The highest BCUT2D eigenvalue weighted by molar-refractivity contribution is 5.88. The molecule has 2 saturated carbocycles. The molecule has 6 saturated heterocycles. The lowest BCUT2D eigenvalue weighted by atomic mass is 9.56. The SMILES string of the molecule is CO[C@H]1C[C@H](O[C@@H]2[C@@H](C)O[C@@H](O[C@@H]3[C@@H](C)O[C@@H](O[C@@H]4[C@@H](C)O[C@@H](O[C@H]5CC[C@@]6(C)C(=CC[C@@]78O[C@@H](C)[C@@H]9CCC(=O)[C@]9(C)[C@@H](C[C@@H]76)O8)C5)C[C@H]4OC)C[C@H]3OC)C[C@H]2OC)O[C@H](C)[C@H]1O. The van der Waals surface area contributed by atoms with Crippen LogP contribution in [0.4, 0.5) is 0 Å². The van der Waals surface area contributed by atoms with Gasteiger partial charge in [0, 0.05) is 78.8 Å².